The van der Waals surface area contributed by atoms with Crippen LogP contribution in [0.5, 0.6) is 0 Å². The zero-order chi connectivity index (χ0) is 8.10. The fourth-order valence-corrected chi connectivity index (χ4v) is 1.19. The molecule has 0 aromatic carbocycles. The third-order valence-electron chi connectivity index (χ3n) is 1.75. The first kappa shape index (κ1) is 7.88. The molecule has 1 unspecified atom stereocenters. The van der Waals surface area contributed by atoms with Gasteiger partial charge in [0.05, 0.1) is 5.29 Å². The highest BCUT2D eigenvalue weighted by Gasteiger charge is 2.20. The fourth-order valence-electron chi connectivity index (χ4n) is 1.19. The number of hydrogen-bond donors (Lipinski definition) is 0. The molecule has 0 radical (unpaired) electrons. The summed E-state index contributed by atoms with van der Waals surface area (Å²) in [7, 11) is 0. The lowest BCUT2D eigenvalue weighted by Crippen LogP contribution is -2.33. The lowest BCUT2D eigenvalue weighted by Gasteiger charge is -2.25. The van der Waals surface area contributed by atoms with Crippen molar-refractivity contribution in [3.63, 3.8) is 0 Å². The largest absolute Gasteiger partial charge is 0.237 e. The van der Waals surface area contributed by atoms with Crippen molar-refractivity contribution in [2.24, 2.45) is 10.3 Å². The Hall–Kier alpha value is -1.22. The van der Waals surface area contributed by atoms with Crippen LogP contribution in [0.3, 0.4) is 0 Å². The molecule has 1 rings (SSSR count). The van der Waals surface area contributed by atoms with Crippen LogP contribution in [-0.2, 0) is 4.79 Å². The van der Waals surface area contributed by atoms with E-state index in [1.54, 1.807) is 0 Å². The van der Waals surface area contributed by atoms with Gasteiger partial charge in [0.2, 0.25) is 6.08 Å². The quantitative estimate of drug-likeness (QED) is 0.337. The predicted molar refractivity (Wildman–Crippen MR) is 38.3 cm³/mol. The first-order chi connectivity index (χ1) is 5.38. The van der Waals surface area contributed by atoms with Gasteiger partial charge in [0.1, 0.15) is 0 Å². The van der Waals surface area contributed by atoms with E-state index in [1.807, 2.05) is 0 Å². The molecule has 1 fully saturated rings. The topological polar surface area (TPSA) is 62.1 Å². The standard InChI is InChI=1S/C6H9N3O2/c10-5-7-6-3-1-2-4-9(6)8-11/h6H,1-4H2. The Labute approximate surface area is 64.0 Å². The zero-order valence-corrected chi connectivity index (χ0v) is 6.06. The molecule has 1 saturated heterocycles. The number of isocyanates is 1. The molecule has 0 bridgehead atoms. The summed E-state index contributed by atoms with van der Waals surface area (Å²) < 4.78 is 0. The molecule has 0 aromatic heterocycles. The number of nitrogens with zero attached hydrogens (tertiary/aromatic N) is 3. The Bertz CT molecular complexity index is 188. The van der Waals surface area contributed by atoms with Gasteiger partial charge in [-0.15, -0.1) is 4.91 Å². The molecular formula is C6H9N3O2. The molecule has 60 valence electrons. The van der Waals surface area contributed by atoms with Crippen LogP contribution in [0.2, 0.25) is 0 Å². The molecule has 0 saturated carbocycles. The van der Waals surface area contributed by atoms with Crippen LogP contribution in [0.15, 0.2) is 10.3 Å². The fraction of sp³-hybridized carbons (Fsp3) is 0.833. The van der Waals surface area contributed by atoms with Gasteiger partial charge >= 0.3 is 0 Å². The second-order valence-corrected chi connectivity index (χ2v) is 2.44. The average molecular weight is 155 g/mol. The van der Waals surface area contributed by atoms with E-state index >= 15 is 0 Å². The lowest BCUT2D eigenvalue weighted by molar-refractivity contribution is 0.157. The van der Waals surface area contributed by atoms with Gasteiger partial charge in [0.15, 0.2) is 6.17 Å². The average Bonchev–Trinajstić information content (AvgIpc) is 2.06. The van der Waals surface area contributed by atoms with Crippen molar-refractivity contribution in [3.05, 3.63) is 4.91 Å². The number of rotatable bonds is 2. The molecule has 1 atom stereocenters. The van der Waals surface area contributed by atoms with Crippen LogP contribution in [0.25, 0.3) is 0 Å². The second kappa shape index (κ2) is 3.83. The third-order valence-corrected chi connectivity index (χ3v) is 1.75. The van der Waals surface area contributed by atoms with Crippen molar-refractivity contribution in [1.29, 1.82) is 0 Å². The van der Waals surface area contributed by atoms with Crippen LogP contribution < -0.4 is 0 Å². The normalized spacial score (nSPS) is 24.0. The summed E-state index contributed by atoms with van der Waals surface area (Å²) >= 11 is 0. The van der Waals surface area contributed by atoms with E-state index in [0.29, 0.717) is 6.54 Å². The molecule has 0 N–H and O–H groups in total. The van der Waals surface area contributed by atoms with Gasteiger partial charge in [-0.1, -0.05) is 0 Å². The summed E-state index contributed by atoms with van der Waals surface area (Å²) in [6, 6.07) is 0. The predicted octanol–water partition coefficient (Wildman–Crippen LogP) is 0.816. The zero-order valence-electron chi connectivity index (χ0n) is 6.06. The van der Waals surface area contributed by atoms with Crippen molar-refractivity contribution in [2.45, 2.75) is 25.4 Å². The number of nitroso groups, excluding NO2 is 1. The van der Waals surface area contributed by atoms with E-state index in [2.05, 4.69) is 10.3 Å². The summed E-state index contributed by atoms with van der Waals surface area (Å²) in [5.74, 6) is 0. The minimum atomic E-state index is -0.362. The van der Waals surface area contributed by atoms with Crippen molar-refractivity contribution < 1.29 is 4.79 Å². The molecule has 5 heteroatoms. The Balaban J connectivity index is 2.57. The van der Waals surface area contributed by atoms with Crippen LogP contribution in [-0.4, -0.2) is 23.8 Å². The first-order valence-corrected chi connectivity index (χ1v) is 3.55. The summed E-state index contributed by atoms with van der Waals surface area (Å²) in [5, 5.41) is 4.04. The molecule has 0 amide bonds. The van der Waals surface area contributed by atoms with Gasteiger partial charge in [0, 0.05) is 6.54 Å². The molecule has 1 heterocycles. The maximum absolute atomic E-state index is 10.1. The Morgan fingerprint density at radius 2 is 2.27 bits per heavy atom. The monoisotopic (exact) mass is 155 g/mol. The number of hydrogen-bond acceptors (Lipinski definition) is 4. The molecule has 0 aromatic rings. The molecule has 1 aliphatic heterocycles. The second-order valence-electron chi connectivity index (χ2n) is 2.44. The van der Waals surface area contributed by atoms with E-state index in [4.69, 9.17) is 0 Å². The molecule has 11 heavy (non-hydrogen) atoms. The van der Waals surface area contributed by atoms with Gasteiger partial charge in [-0.05, 0) is 19.3 Å². The highest BCUT2D eigenvalue weighted by molar-refractivity contribution is 5.33. The van der Waals surface area contributed by atoms with Crippen LogP contribution >= 0.6 is 0 Å². The van der Waals surface area contributed by atoms with Crippen LogP contribution in [0, 0.1) is 4.91 Å². The number of aliphatic imine (C=N–C) groups is 1. The van der Waals surface area contributed by atoms with Gasteiger partial charge in [0.25, 0.3) is 0 Å². The maximum atomic E-state index is 10.1. The van der Waals surface area contributed by atoms with Crippen molar-refractivity contribution >= 4 is 6.08 Å². The van der Waals surface area contributed by atoms with E-state index in [1.165, 1.54) is 11.1 Å². The van der Waals surface area contributed by atoms with E-state index in [9.17, 15) is 9.70 Å². The Morgan fingerprint density at radius 3 is 2.91 bits per heavy atom. The Kier molecular flexibility index (Phi) is 2.74. The number of carbonyl (C=O) groups excluding carboxylic acids is 1. The minimum Gasteiger partial charge on any atom is -0.236 e. The third kappa shape index (κ3) is 1.85. The van der Waals surface area contributed by atoms with E-state index in [-0.39, 0.29) is 6.17 Å². The molecule has 5 nitrogen and oxygen atoms in total. The number of piperidine rings is 1. The molecular weight excluding hydrogens is 146 g/mol. The highest BCUT2D eigenvalue weighted by Crippen LogP contribution is 2.17. The van der Waals surface area contributed by atoms with Gasteiger partial charge in [-0.2, -0.15) is 4.99 Å². The first-order valence-electron chi connectivity index (χ1n) is 3.55. The van der Waals surface area contributed by atoms with Gasteiger partial charge in [-0.3, -0.25) is 0 Å². The summed E-state index contributed by atoms with van der Waals surface area (Å²) in [6.45, 7) is 0.597. The lowest BCUT2D eigenvalue weighted by atomic mass is 10.1. The van der Waals surface area contributed by atoms with E-state index < -0.39 is 0 Å². The van der Waals surface area contributed by atoms with E-state index in [0.717, 1.165) is 19.3 Å². The summed E-state index contributed by atoms with van der Waals surface area (Å²) in [4.78, 5) is 23.5. The maximum Gasteiger partial charge on any atom is 0.237 e. The Morgan fingerprint density at radius 1 is 1.45 bits per heavy atom. The smallest absolute Gasteiger partial charge is 0.236 e. The van der Waals surface area contributed by atoms with Crippen LogP contribution in [0.1, 0.15) is 19.3 Å². The summed E-state index contributed by atoms with van der Waals surface area (Å²) in [5.41, 5.74) is 0. The van der Waals surface area contributed by atoms with Crippen molar-refractivity contribution in [1.82, 2.24) is 5.01 Å². The molecule has 1 aliphatic rings. The van der Waals surface area contributed by atoms with Crippen LogP contribution in [0.4, 0.5) is 0 Å². The van der Waals surface area contributed by atoms with Crippen molar-refractivity contribution in [3.8, 4) is 0 Å². The SMILES string of the molecule is O=C=NC1CCCCN1N=O. The molecule has 0 aliphatic carbocycles. The summed E-state index contributed by atoms with van der Waals surface area (Å²) in [6.07, 6.45) is 3.73. The van der Waals surface area contributed by atoms with Gasteiger partial charge < -0.3 is 0 Å². The highest BCUT2D eigenvalue weighted by atomic mass is 16.3. The molecule has 0 spiro atoms. The minimum absolute atomic E-state index is 0.362. The van der Waals surface area contributed by atoms with Crippen molar-refractivity contribution in [2.75, 3.05) is 6.54 Å². The van der Waals surface area contributed by atoms with Gasteiger partial charge in [-0.25, -0.2) is 9.80 Å².